The summed E-state index contributed by atoms with van der Waals surface area (Å²) in [6.07, 6.45) is 1.34. The number of aryl methyl sites for hydroxylation is 1. The van der Waals surface area contributed by atoms with Crippen molar-refractivity contribution in [1.82, 2.24) is 10.2 Å². The summed E-state index contributed by atoms with van der Waals surface area (Å²) in [6, 6.07) is 6.11. The molecule has 2 rings (SSSR count). The molecule has 20 heavy (non-hydrogen) atoms. The van der Waals surface area contributed by atoms with Crippen molar-refractivity contribution in [2.75, 3.05) is 4.72 Å². The van der Waals surface area contributed by atoms with Crippen molar-refractivity contribution >= 4 is 21.5 Å². The first-order valence-corrected chi connectivity index (χ1v) is 7.03. The van der Waals surface area contributed by atoms with Gasteiger partial charge >= 0.3 is 0 Å². The van der Waals surface area contributed by atoms with Crippen LogP contribution in [-0.2, 0) is 10.0 Å². The molecule has 1 aromatic carbocycles. The smallest absolute Gasteiger partial charge is 0.278 e. The van der Waals surface area contributed by atoms with E-state index in [0.29, 0.717) is 16.8 Å². The Morgan fingerprint density at radius 2 is 2.20 bits per heavy atom. The van der Waals surface area contributed by atoms with Gasteiger partial charge in [0.05, 0.1) is 11.9 Å². The number of hydrogen-bond donors (Lipinski definition) is 4. The highest BCUT2D eigenvalue weighted by molar-refractivity contribution is 7.92. The van der Waals surface area contributed by atoms with E-state index in [-0.39, 0.29) is 10.9 Å². The highest BCUT2D eigenvalue weighted by atomic mass is 32.2. The fraction of sp³-hybridized carbons (Fsp3) is 0.0909. The first-order chi connectivity index (χ1) is 9.44. The molecule has 2 aromatic rings. The van der Waals surface area contributed by atoms with Gasteiger partial charge in [-0.1, -0.05) is 17.3 Å². The number of aromatic amines is 1. The summed E-state index contributed by atoms with van der Waals surface area (Å²) in [7, 11) is -3.75. The van der Waals surface area contributed by atoms with Gasteiger partial charge in [0.15, 0.2) is 10.9 Å². The van der Waals surface area contributed by atoms with Gasteiger partial charge in [-0.25, -0.2) is 0 Å². The minimum Gasteiger partial charge on any atom is -0.409 e. The number of sulfonamides is 1. The first kappa shape index (κ1) is 13.9. The molecule has 0 bridgehead atoms. The molecule has 0 atom stereocenters. The van der Waals surface area contributed by atoms with Crippen LogP contribution in [0.1, 0.15) is 11.1 Å². The van der Waals surface area contributed by atoms with Gasteiger partial charge in [0.2, 0.25) is 0 Å². The van der Waals surface area contributed by atoms with Crippen molar-refractivity contribution < 1.29 is 13.6 Å². The lowest BCUT2D eigenvalue weighted by Crippen LogP contribution is -2.17. The number of nitrogens with one attached hydrogen (secondary N) is 2. The van der Waals surface area contributed by atoms with E-state index in [1.165, 1.54) is 18.3 Å². The molecule has 0 radical (unpaired) electrons. The van der Waals surface area contributed by atoms with E-state index < -0.39 is 10.0 Å². The second kappa shape index (κ2) is 5.21. The number of H-pyrrole nitrogens is 1. The van der Waals surface area contributed by atoms with E-state index in [1.54, 1.807) is 19.1 Å². The highest BCUT2D eigenvalue weighted by Crippen LogP contribution is 2.20. The Morgan fingerprint density at radius 1 is 1.45 bits per heavy atom. The molecule has 106 valence electrons. The minimum absolute atomic E-state index is 0.0499. The van der Waals surface area contributed by atoms with Crippen molar-refractivity contribution in [2.24, 2.45) is 10.9 Å². The summed E-state index contributed by atoms with van der Waals surface area (Å²) in [5.74, 6) is -0.105. The Morgan fingerprint density at radius 3 is 2.80 bits per heavy atom. The summed E-state index contributed by atoms with van der Waals surface area (Å²) in [4.78, 5) is 0. The zero-order chi connectivity index (χ0) is 14.8. The van der Waals surface area contributed by atoms with Crippen LogP contribution in [0, 0.1) is 6.92 Å². The number of aromatic nitrogens is 2. The van der Waals surface area contributed by atoms with Crippen molar-refractivity contribution in [2.45, 2.75) is 11.9 Å². The largest absolute Gasteiger partial charge is 0.409 e. The number of amidine groups is 1. The van der Waals surface area contributed by atoms with Crippen molar-refractivity contribution in [3.05, 3.63) is 41.6 Å². The third kappa shape index (κ3) is 2.72. The summed E-state index contributed by atoms with van der Waals surface area (Å²) >= 11 is 0. The lowest BCUT2D eigenvalue weighted by molar-refractivity contribution is 0.318. The van der Waals surface area contributed by atoms with Crippen LogP contribution in [0.4, 0.5) is 5.69 Å². The molecule has 0 saturated heterocycles. The Hall–Kier alpha value is -2.55. The van der Waals surface area contributed by atoms with Crippen molar-refractivity contribution in [3.63, 3.8) is 0 Å². The van der Waals surface area contributed by atoms with Gasteiger partial charge in [0.1, 0.15) is 0 Å². The number of oxime groups is 1. The van der Waals surface area contributed by atoms with E-state index in [0.717, 1.165) is 0 Å². The van der Waals surface area contributed by atoms with Gasteiger partial charge in [-0.3, -0.25) is 9.82 Å². The Bertz CT molecular complexity index is 737. The maximum absolute atomic E-state index is 12.1. The molecular weight excluding hydrogens is 282 g/mol. The molecule has 0 aliphatic carbocycles. The molecule has 0 fully saturated rings. The monoisotopic (exact) mass is 295 g/mol. The number of nitrogens with two attached hydrogens (primary N) is 1. The van der Waals surface area contributed by atoms with Gasteiger partial charge in [0, 0.05) is 5.56 Å². The summed E-state index contributed by atoms with van der Waals surface area (Å²) in [5, 5.41) is 17.4. The van der Waals surface area contributed by atoms with E-state index >= 15 is 0 Å². The second-order valence-electron chi connectivity index (χ2n) is 4.04. The summed E-state index contributed by atoms with van der Waals surface area (Å²) < 4.78 is 26.6. The predicted molar refractivity (Wildman–Crippen MR) is 73.1 cm³/mol. The molecule has 0 aliphatic rings. The maximum atomic E-state index is 12.1. The number of anilines is 1. The van der Waals surface area contributed by atoms with Crippen LogP contribution in [0.15, 0.2) is 40.6 Å². The van der Waals surface area contributed by atoms with Crippen LogP contribution in [0.3, 0.4) is 0 Å². The molecule has 0 amide bonds. The van der Waals surface area contributed by atoms with E-state index in [2.05, 4.69) is 20.1 Å². The third-order valence-electron chi connectivity index (χ3n) is 2.65. The molecular formula is C11H13N5O3S. The summed E-state index contributed by atoms with van der Waals surface area (Å²) in [5.41, 5.74) is 6.91. The minimum atomic E-state index is -3.75. The Labute approximate surface area is 115 Å². The van der Waals surface area contributed by atoms with Crippen LogP contribution in [0.2, 0.25) is 0 Å². The quantitative estimate of drug-likeness (QED) is 0.284. The lowest BCUT2D eigenvalue weighted by Gasteiger charge is -2.10. The highest BCUT2D eigenvalue weighted by Gasteiger charge is 2.17. The van der Waals surface area contributed by atoms with Gasteiger partial charge in [0.25, 0.3) is 10.0 Å². The van der Waals surface area contributed by atoms with Crippen LogP contribution in [0.5, 0.6) is 0 Å². The SMILES string of the molecule is Cc1ccc(/C(N)=N/O)cc1NS(=O)(=O)c1ccn[nH]1. The zero-order valence-corrected chi connectivity index (χ0v) is 11.3. The topological polar surface area (TPSA) is 133 Å². The summed E-state index contributed by atoms with van der Waals surface area (Å²) in [6.45, 7) is 1.74. The molecule has 0 aliphatic heterocycles. The standard InChI is InChI=1S/C11H13N5O3S/c1-7-2-3-8(11(12)15-17)6-9(7)16-20(18,19)10-4-5-13-14-10/h2-6,16-17H,1H3,(H2,12,15)(H,13,14). The van der Waals surface area contributed by atoms with Gasteiger partial charge < -0.3 is 10.9 Å². The number of rotatable bonds is 4. The molecule has 5 N–H and O–H groups in total. The van der Waals surface area contributed by atoms with E-state index in [4.69, 9.17) is 10.9 Å². The van der Waals surface area contributed by atoms with Crippen LogP contribution < -0.4 is 10.5 Å². The Kier molecular flexibility index (Phi) is 3.61. The average molecular weight is 295 g/mol. The van der Waals surface area contributed by atoms with Crippen molar-refractivity contribution in [3.8, 4) is 0 Å². The van der Waals surface area contributed by atoms with Gasteiger partial charge in [-0.15, -0.1) is 0 Å². The predicted octanol–water partition coefficient (Wildman–Crippen LogP) is 0.613. The fourth-order valence-electron chi connectivity index (χ4n) is 1.54. The number of hydrogen-bond acceptors (Lipinski definition) is 5. The van der Waals surface area contributed by atoms with Gasteiger partial charge in [-0.05, 0) is 24.6 Å². The Balaban J connectivity index is 2.39. The maximum Gasteiger partial charge on any atom is 0.278 e. The molecule has 0 spiro atoms. The second-order valence-corrected chi connectivity index (χ2v) is 5.69. The molecule has 1 aromatic heterocycles. The zero-order valence-electron chi connectivity index (χ0n) is 10.5. The molecule has 8 nitrogen and oxygen atoms in total. The van der Waals surface area contributed by atoms with Crippen LogP contribution >= 0.6 is 0 Å². The number of benzene rings is 1. The third-order valence-corrected chi connectivity index (χ3v) is 3.95. The van der Waals surface area contributed by atoms with Crippen LogP contribution in [0.25, 0.3) is 0 Å². The van der Waals surface area contributed by atoms with E-state index in [9.17, 15) is 8.42 Å². The molecule has 1 heterocycles. The molecule has 0 unspecified atom stereocenters. The van der Waals surface area contributed by atoms with Crippen molar-refractivity contribution in [1.29, 1.82) is 0 Å². The van der Waals surface area contributed by atoms with Crippen LogP contribution in [-0.4, -0.2) is 29.7 Å². The fourth-order valence-corrected chi connectivity index (χ4v) is 2.57. The normalized spacial score (nSPS) is 12.3. The van der Waals surface area contributed by atoms with E-state index in [1.807, 2.05) is 0 Å². The lowest BCUT2D eigenvalue weighted by atomic mass is 10.1. The number of nitrogens with zero attached hydrogens (tertiary/aromatic N) is 2. The first-order valence-electron chi connectivity index (χ1n) is 5.55. The average Bonchev–Trinajstić information content (AvgIpc) is 2.95. The molecule has 9 heteroatoms. The molecule has 0 saturated carbocycles. The van der Waals surface area contributed by atoms with Gasteiger partial charge in [-0.2, -0.15) is 13.5 Å².